The van der Waals surface area contributed by atoms with Gasteiger partial charge in [-0.2, -0.15) is 5.10 Å². The Labute approximate surface area is 151 Å². The number of amides is 1. The SMILES string of the molecule is Cc1cccc(C)c1N[C@H](C)C(=O)N/N=C\c1ccc(Cl)cc1Cl. The fourth-order valence-electron chi connectivity index (χ4n) is 2.19. The average molecular weight is 364 g/mol. The van der Waals surface area contributed by atoms with E-state index in [1.807, 2.05) is 32.0 Å². The van der Waals surface area contributed by atoms with Crippen molar-refractivity contribution in [3.63, 3.8) is 0 Å². The van der Waals surface area contributed by atoms with Crippen LogP contribution in [0.25, 0.3) is 0 Å². The number of hydrogen-bond acceptors (Lipinski definition) is 3. The van der Waals surface area contributed by atoms with Crippen molar-refractivity contribution in [2.45, 2.75) is 26.8 Å². The molecule has 126 valence electrons. The molecule has 0 aliphatic carbocycles. The van der Waals surface area contributed by atoms with Crippen LogP contribution < -0.4 is 10.7 Å². The minimum absolute atomic E-state index is 0.237. The van der Waals surface area contributed by atoms with E-state index in [0.29, 0.717) is 15.6 Å². The van der Waals surface area contributed by atoms with Crippen molar-refractivity contribution in [1.82, 2.24) is 5.43 Å². The van der Waals surface area contributed by atoms with Gasteiger partial charge in [0.15, 0.2) is 0 Å². The number of nitrogens with zero attached hydrogens (tertiary/aromatic N) is 1. The third kappa shape index (κ3) is 4.73. The van der Waals surface area contributed by atoms with Crippen molar-refractivity contribution >= 4 is 41.0 Å². The first-order chi connectivity index (χ1) is 11.4. The minimum atomic E-state index is -0.428. The highest BCUT2D eigenvalue weighted by Gasteiger charge is 2.13. The second-order valence-electron chi connectivity index (χ2n) is 5.53. The molecule has 2 rings (SSSR count). The lowest BCUT2D eigenvalue weighted by Crippen LogP contribution is -2.35. The molecule has 6 heteroatoms. The number of anilines is 1. The van der Waals surface area contributed by atoms with Crippen LogP contribution in [0.1, 0.15) is 23.6 Å². The topological polar surface area (TPSA) is 53.5 Å². The first-order valence-electron chi connectivity index (χ1n) is 7.49. The molecule has 2 aromatic rings. The summed E-state index contributed by atoms with van der Waals surface area (Å²) in [5.41, 5.74) is 6.33. The van der Waals surface area contributed by atoms with Gasteiger partial charge in [0.05, 0.1) is 11.2 Å². The van der Waals surface area contributed by atoms with E-state index in [2.05, 4.69) is 15.8 Å². The zero-order chi connectivity index (χ0) is 17.7. The lowest BCUT2D eigenvalue weighted by atomic mass is 10.1. The Morgan fingerprint density at radius 1 is 1.17 bits per heavy atom. The summed E-state index contributed by atoms with van der Waals surface area (Å²) in [5.74, 6) is -0.237. The van der Waals surface area contributed by atoms with Crippen LogP contribution in [-0.4, -0.2) is 18.2 Å². The van der Waals surface area contributed by atoms with Gasteiger partial charge in [0.25, 0.3) is 5.91 Å². The molecule has 0 bridgehead atoms. The highest BCUT2D eigenvalue weighted by atomic mass is 35.5. The van der Waals surface area contributed by atoms with Gasteiger partial charge >= 0.3 is 0 Å². The predicted molar refractivity (Wildman–Crippen MR) is 101 cm³/mol. The van der Waals surface area contributed by atoms with E-state index in [-0.39, 0.29) is 5.91 Å². The van der Waals surface area contributed by atoms with Crippen LogP contribution in [0.5, 0.6) is 0 Å². The molecule has 0 fully saturated rings. The van der Waals surface area contributed by atoms with Gasteiger partial charge in [-0.1, -0.05) is 47.5 Å². The van der Waals surface area contributed by atoms with Gasteiger partial charge in [0.1, 0.15) is 6.04 Å². The van der Waals surface area contributed by atoms with Crippen LogP contribution in [0, 0.1) is 13.8 Å². The number of rotatable bonds is 5. The molecule has 2 aromatic carbocycles. The molecule has 0 saturated carbocycles. The average Bonchev–Trinajstić information content (AvgIpc) is 2.52. The number of carbonyl (C=O) groups excluding carboxylic acids is 1. The minimum Gasteiger partial charge on any atom is -0.373 e. The number of nitrogens with one attached hydrogen (secondary N) is 2. The summed E-state index contributed by atoms with van der Waals surface area (Å²) in [4.78, 5) is 12.2. The van der Waals surface area contributed by atoms with E-state index >= 15 is 0 Å². The highest BCUT2D eigenvalue weighted by molar-refractivity contribution is 6.36. The Hall–Kier alpha value is -2.04. The van der Waals surface area contributed by atoms with Crippen molar-refractivity contribution in [1.29, 1.82) is 0 Å². The van der Waals surface area contributed by atoms with Gasteiger partial charge in [-0.05, 0) is 44.0 Å². The summed E-state index contributed by atoms with van der Waals surface area (Å²) >= 11 is 11.9. The Kier molecular flexibility index (Phi) is 6.23. The Bertz CT molecular complexity index is 755. The van der Waals surface area contributed by atoms with E-state index in [9.17, 15) is 4.79 Å². The molecule has 0 aliphatic heterocycles. The van der Waals surface area contributed by atoms with Gasteiger partial charge in [-0.25, -0.2) is 5.43 Å². The number of hydrogen-bond donors (Lipinski definition) is 2. The highest BCUT2D eigenvalue weighted by Crippen LogP contribution is 2.20. The fourth-order valence-corrected chi connectivity index (χ4v) is 2.65. The molecular formula is C18H19Cl2N3O. The smallest absolute Gasteiger partial charge is 0.262 e. The molecule has 2 N–H and O–H groups in total. The van der Waals surface area contributed by atoms with Crippen LogP contribution in [0.3, 0.4) is 0 Å². The maximum atomic E-state index is 12.2. The quantitative estimate of drug-likeness (QED) is 0.604. The van der Waals surface area contributed by atoms with Crippen LogP contribution in [-0.2, 0) is 4.79 Å². The van der Waals surface area contributed by atoms with Crippen molar-refractivity contribution < 1.29 is 4.79 Å². The third-order valence-electron chi connectivity index (χ3n) is 3.58. The lowest BCUT2D eigenvalue weighted by molar-refractivity contribution is -0.121. The van der Waals surface area contributed by atoms with Gasteiger partial charge in [-0.3, -0.25) is 4.79 Å². The van der Waals surface area contributed by atoms with E-state index in [1.165, 1.54) is 6.21 Å². The van der Waals surface area contributed by atoms with E-state index in [1.54, 1.807) is 25.1 Å². The van der Waals surface area contributed by atoms with Crippen LogP contribution in [0.15, 0.2) is 41.5 Å². The standard InChI is InChI=1S/C18H19Cl2N3O/c1-11-5-4-6-12(2)17(11)22-13(3)18(24)23-21-10-14-7-8-15(19)9-16(14)20/h4-10,13,22H,1-3H3,(H,23,24)/b21-10-/t13-/m1/s1. The Morgan fingerprint density at radius 2 is 1.83 bits per heavy atom. The second kappa shape index (κ2) is 8.18. The molecule has 4 nitrogen and oxygen atoms in total. The second-order valence-corrected chi connectivity index (χ2v) is 6.38. The maximum absolute atomic E-state index is 12.2. The van der Waals surface area contributed by atoms with Crippen molar-refractivity contribution in [3.05, 3.63) is 63.1 Å². The van der Waals surface area contributed by atoms with Gasteiger partial charge in [0.2, 0.25) is 0 Å². The predicted octanol–water partition coefficient (Wildman–Crippen LogP) is 4.56. The third-order valence-corrected chi connectivity index (χ3v) is 4.14. The molecule has 0 unspecified atom stereocenters. The zero-order valence-electron chi connectivity index (χ0n) is 13.7. The molecule has 0 aromatic heterocycles. The monoisotopic (exact) mass is 363 g/mol. The van der Waals surface area contributed by atoms with Crippen molar-refractivity contribution in [3.8, 4) is 0 Å². The summed E-state index contributed by atoms with van der Waals surface area (Å²) in [5, 5.41) is 8.19. The summed E-state index contributed by atoms with van der Waals surface area (Å²) in [6.45, 7) is 5.79. The Morgan fingerprint density at radius 3 is 2.46 bits per heavy atom. The zero-order valence-corrected chi connectivity index (χ0v) is 15.2. The summed E-state index contributed by atoms with van der Waals surface area (Å²) in [7, 11) is 0. The summed E-state index contributed by atoms with van der Waals surface area (Å²) < 4.78 is 0. The van der Waals surface area contributed by atoms with Crippen LogP contribution >= 0.6 is 23.2 Å². The Balaban J connectivity index is 1.98. The van der Waals surface area contributed by atoms with E-state index in [4.69, 9.17) is 23.2 Å². The largest absolute Gasteiger partial charge is 0.373 e. The molecule has 24 heavy (non-hydrogen) atoms. The van der Waals surface area contributed by atoms with Gasteiger partial charge < -0.3 is 5.32 Å². The summed E-state index contributed by atoms with van der Waals surface area (Å²) in [6, 6.07) is 10.6. The lowest BCUT2D eigenvalue weighted by Gasteiger charge is -2.17. The van der Waals surface area contributed by atoms with Crippen LogP contribution in [0.2, 0.25) is 10.0 Å². The molecule has 0 heterocycles. The number of aryl methyl sites for hydroxylation is 2. The molecular weight excluding hydrogens is 345 g/mol. The molecule has 0 radical (unpaired) electrons. The molecule has 1 atom stereocenters. The first-order valence-corrected chi connectivity index (χ1v) is 8.25. The fraction of sp³-hybridized carbons (Fsp3) is 0.222. The van der Waals surface area contributed by atoms with Crippen molar-refractivity contribution in [2.75, 3.05) is 5.32 Å². The molecule has 0 saturated heterocycles. The first kappa shape index (κ1) is 18.3. The number of benzene rings is 2. The maximum Gasteiger partial charge on any atom is 0.262 e. The molecule has 1 amide bonds. The van der Waals surface area contributed by atoms with Crippen molar-refractivity contribution in [2.24, 2.45) is 5.10 Å². The van der Waals surface area contributed by atoms with E-state index in [0.717, 1.165) is 16.8 Å². The number of halogens is 2. The number of para-hydroxylation sites is 1. The number of hydrazone groups is 1. The molecule has 0 spiro atoms. The van der Waals surface area contributed by atoms with Gasteiger partial charge in [-0.15, -0.1) is 0 Å². The summed E-state index contributed by atoms with van der Waals surface area (Å²) in [6.07, 6.45) is 1.49. The van der Waals surface area contributed by atoms with Crippen LogP contribution in [0.4, 0.5) is 5.69 Å². The van der Waals surface area contributed by atoms with Gasteiger partial charge in [0, 0.05) is 16.3 Å². The molecule has 0 aliphatic rings. The van der Waals surface area contributed by atoms with E-state index < -0.39 is 6.04 Å². The number of carbonyl (C=O) groups is 1. The normalized spacial score (nSPS) is 12.2.